The number of halogens is 1. The Hall–Kier alpha value is -1.54. The van der Waals surface area contributed by atoms with Gasteiger partial charge in [-0.2, -0.15) is 0 Å². The number of benzene rings is 1. The second-order valence-corrected chi connectivity index (χ2v) is 7.07. The summed E-state index contributed by atoms with van der Waals surface area (Å²) in [4.78, 5) is 12.0. The van der Waals surface area contributed by atoms with Crippen LogP contribution in [0.3, 0.4) is 0 Å². The van der Waals surface area contributed by atoms with Gasteiger partial charge in [0.2, 0.25) is 6.33 Å². The van der Waals surface area contributed by atoms with E-state index in [9.17, 15) is 13.2 Å². The van der Waals surface area contributed by atoms with Gasteiger partial charge in [-0.05, 0) is 0 Å². The zero-order valence-electron chi connectivity index (χ0n) is 11.1. The zero-order valence-corrected chi connectivity index (χ0v) is 13.5. The topological polar surface area (TPSA) is 72.9 Å². The predicted octanol–water partition coefficient (Wildman–Crippen LogP) is -2.97. The Kier molecular flexibility index (Phi) is 4.58. The maximum Gasteiger partial charge on any atom is 0.265 e. The van der Waals surface area contributed by atoms with Crippen molar-refractivity contribution in [1.82, 2.24) is 9.78 Å². The van der Waals surface area contributed by atoms with E-state index in [-0.39, 0.29) is 46.9 Å². The number of ketones is 1. The molecule has 0 aliphatic carbocycles. The Labute approximate surface area is 133 Å². The number of sulfone groups is 1. The molecular weight excluding hydrogens is 358 g/mol. The van der Waals surface area contributed by atoms with Crippen molar-refractivity contribution < 1.29 is 34.8 Å². The number of aromatic nitrogens is 3. The Morgan fingerprint density at radius 3 is 2.57 bits per heavy atom. The van der Waals surface area contributed by atoms with Gasteiger partial charge in [0, 0.05) is 10.7 Å². The van der Waals surface area contributed by atoms with Crippen LogP contribution in [-0.2, 0) is 16.4 Å². The Balaban J connectivity index is 0.00000161. The van der Waals surface area contributed by atoms with Gasteiger partial charge in [0.1, 0.15) is 12.6 Å². The van der Waals surface area contributed by atoms with Crippen molar-refractivity contribution in [2.75, 3.05) is 11.5 Å². The largest absolute Gasteiger partial charge is 1.00 e. The number of carbonyl (C=O) groups is 1. The zero-order chi connectivity index (χ0) is 14.2. The lowest BCUT2D eigenvalue weighted by atomic mass is 10.1. The maximum atomic E-state index is 12.0. The fourth-order valence-corrected chi connectivity index (χ4v) is 3.56. The fraction of sp³-hybridized carbons (Fsp3) is 0.308. The fourth-order valence-electron chi connectivity index (χ4n) is 2.18. The molecule has 0 spiro atoms. The standard InChI is InChI=1S/C13H14N3O3S.BrH/c17-13(11-4-2-1-3-5-11)6-15-9-14-16(10-15)12-7-20(18,19)8-12;/h1-5,9-10,12H,6-8H2;1H/q+1;/p-1. The van der Waals surface area contributed by atoms with Crippen molar-refractivity contribution in [3.63, 3.8) is 0 Å². The highest BCUT2D eigenvalue weighted by Gasteiger charge is 2.39. The van der Waals surface area contributed by atoms with E-state index in [0.717, 1.165) is 0 Å². The SMILES string of the molecule is O=C(C[n+]1cnn(C2CS(=O)(=O)C2)c1)c1ccccc1.[Br-]. The molecule has 112 valence electrons. The summed E-state index contributed by atoms with van der Waals surface area (Å²) in [6.07, 6.45) is 3.23. The van der Waals surface area contributed by atoms with Gasteiger partial charge in [-0.1, -0.05) is 30.3 Å². The Bertz CT molecular complexity index is 731. The molecule has 8 heteroatoms. The smallest absolute Gasteiger partial charge is 0.265 e. The van der Waals surface area contributed by atoms with Gasteiger partial charge < -0.3 is 17.0 Å². The molecule has 2 heterocycles. The minimum Gasteiger partial charge on any atom is -1.00 e. The minimum atomic E-state index is -2.87. The van der Waals surface area contributed by atoms with Crippen LogP contribution in [0.15, 0.2) is 43.0 Å². The monoisotopic (exact) mass is 371 g/mol. The second-order valence-electron chi connectivity index (χ2n) is 4.92. The van der Waals surface area contributed by atoms with E-state index in [4.69, 9.17) is 0 Å². The van der Waals surface area contributed by atoms with Crippen LogP contribution in [0.1, 0.15) is 16.4 Å². The van der Waals surface area contributed by atoms with Crippen LogP contribution in [0, 0.1) is 0 Å². The quantitative estimate of drug-likeness (QED) is 0.425. The van der Waals surface area contributed by atoms with Crippen LogP contribution < -0.4 is 21.5 Å². The third kappa shape index (κ3) is 3.56. The summed E-state index contributed by atoms with van der Waals surface area (Å²) in [7, 11) is -2.87. The van der Waals surface area contributed by atoms with Crippen LogP contribution in [0.4, 0.5) is 0 Å². The molecular formula is C13H14BrN3O3S. The van der Waals surface area contributed by atoms with Crippen LogP contribution in [0.5, 0.6) is 0 Å². The highest BCUT2D eigenvalue weighted by atomic mass is 79.9. The van der Waals surface area contributed by atoms with Gasteiger partial charge in [0.25, 0.3) is 6.33 Å². The molecule has 1 aromatic heterocycles. The molecule has 0 atom stereocenters. The molecule has 6 nitrogen and oxygen atoms in total. The molecule has 0 radical (unpaired) electrons. The molecule has 1 fully saturated rings. The van der Waals surface area contributed by atoms with Gasteiger partial charge in [-0.25, -0.2) is 13.0 Å². The van der Waals surface area contributed by atoms with Crippen LogP contribution >= 0.6 is 0 Å². The maximum absolute atomic E-state index is 12.0. The molecule has 0 N–H and O–H groups in total. The van der Waals surface area contributed by atoms with Gasteiger partial charge in [0.15, 0.2) is 15.6 Å². The lowest BCUT2D eigenvalue weighted by molar-refractivity contribution is -0.684. The Morgan fingerprint density at radius 2 is 1.95 bits per heavy atom. The Morgan fingerprint density at radius 1 is 1.29 bits per heavy atom. The van der Waals surface area contributed by atoms with Crippen LogP contribution in [-0.4, -0.2) is 35.5 Å². The third-order valence-electron chi connectivity index (χ3n) is 3.29. The second kappa shape index (κ2) is 6.07. The molecule has 0 amide bonds. The molecule has 21 heavy (non-hydrogen) atoms. The normalized spacial score (nSPS) is 16.8. The van der Waals surface area contributed by atoms with Crippen molar-refractivity contribution >= 4 is 15.6 Å². The first-order valence-corrected chi connectivity index (χ1v) is 8.07. The molecule has 1 aromatic carbocycles. The van der Waals surface area contributed by atoms with Gasteiger partial charge in [-0.15, -0.1) is 4.68 Å². The number of rotatable bonds is 4. The van der Waals surface area contributed by atoms with E-state index in [1.54, 1.807) is 34.0 Å². The van der Waals surface area contributed by atoms with Crippen molar-refractivity contribution in [3.8, 4) is 0 Å². The number of carbonyl (C=O) groups excluding carboxylic acids is 1. The predicted molar refractivity (Wildman–Crippen MR) is 70.9 cm³/mol. The van der Waals surface area contributed by atoms with Crippen molar-refractivity contribution in [3.05, 3.63) is 48.5 Å². The minimum absolute atomic E-state index is 0. The van der Waals surface area contributed by atoms with E-state index < -0.39 is 9.84 Å². The number of nitrogens with zero attached hydrogens (tertiary/aromatic N) is 3. The summed E-state index contributed by atoms with van der Waals surface area (Å²) in [5, 5.41) is 4.11. The molecule has 1 aliphatic heterocycles. The first-order valence-electron chi connectivity index (χ1n) is 6.25. The highest BCUT2D eigenvalue weighted by molar-refractivity contribution is 7.92. The molecule has 2 aromatic rings. The van der Waals surface area contributed by atoms with Gasteiger partial charge >= 0.3 is 0 Å². The van der Waals surface area contributed by atoms with Crippen molar-refractivity contribution in [1.29, 1.82) is 0 Å². The summed E-state index contributed by atoms with van der Waals surface area (Å²) in [5.74, 6) is 0.249. The van der Waals surface area contributed by atoms with Gasteiger partial charge in [-0.3, -0.25) is 4.79 Å². The summed E-state index contributed by atoms with van der Waals surface area (Å²) < 4.78 is 25.6. The summed E-state index contributed by atoms with van der Waals surface area (Å²) in [5.41, 5.74) is 0.652. The molecule has 3 rings (SSSR count). The average molecular weight is 372 g/mol. The molecule has 0 saturated carbocycles. The van der Waals surface area contributed by atoms with Crippen molar-refractivity contribution in [2.45, 2.75) is 12.6 Å². The van der Waals surface area contributed by atoms with E-state index in [0.29, 0.717) is 5.56 Å². The average Bonchev–Trinajstić information content (AvgIpc) is 2.85. The van der Waals surface area contributed by atoms with E-state index in [2.05, 4.69) is 5.10 Å². The van der Waals surface area contributed by atoms with E-state index in [1.165, 1.54) is 0 Å². The van der Waals surface area contributed by atoms with E-state index >= 15 is 0 Å². The summed E-state index contributed by atoms with van der Waals surface area (Å²) in [6, 6.07) is 8.94. The highest BCUT2D eigenvalue weighted by Crippen LogP contribution is 2.21. The molecule has 0 bridgehead atoms. The summed E-state index contributed by atoms with van der Waals surface area (Å²) in [6.45, 7) is 0.198. The number of Topliss-reactive ketones (excluding diaryl/α,β-unsaturated/α-hetero) is 1. The lowest BCUT2D eigenvalue weighted by Crippen LogP contribution is -3.00. The van der Waals surface area contributed by atoms with Crippen molar-refractivity contribution in [2.24, 2.45) is 0 Å². The van der Waals surface area contributed by atoms with Crippen LogP contribution in [0.25, 0.3) is 0 Å². The van der Waals surface area contributed by atoms with Crippen LogP contribution in [0.2, 0.25) is 0 Å². The lowest BCUT2D eigenvalue weighted by Gasteiger charge is -2.20. The third-order valence-corrected chi connectivity index (χ3v) is 5.07. The molecule has 1 saturated heterocycles. The molecule has 1 aliphatic rings. The van der Waals surface area contributed by atoms with Gasteiger partial charge in [0.05, 0.1) is 11.5 Å². The summed E-state index contributed by atoms with van der Waals surface area (Å²) >= 11 is 0. The first-order chi connectivity index (χ1) is 9.53. The number of hydrogen-bond donors (Lipinski definition) is 0. The first kappa shape index (κ1) is 15.8. The molecule has 0 unspecified atom stereocenters. The number of hydrogen-bond acceptors (Lipinski definition) is 4. The van der Waals surface area contributed by atoms with E-state index in [1.807, 2.05) is 18.2 Å².